The summed E-state index contributed by atoms with van der Waals surface area (Å²) in [6.07, 6.45) is 0. The molecule has 1 unspecified atom stereocenters. The van der Waals surface area contributed by atoms with Crippen LogP contribution in [-0.4, -0.2) is 11.0 Å². The lowest BCUT2D eigenvalue weighted by Crippen LogP contribution is -2.26. The van der Waals surface area contributed by atoms with E-state index in [1.165, 1.54) is 0 Å². The van der Waals surface area contributed by atoms with Gasteiger partial charge in [-0.05, 0) is 47.9 Å². The molecule has 0 radical (unpaired) electrons. The highest BCUT2D eigenvalue weighted by atomic mass is 32.1. The summed E-state index contributed by atoms with van der Waals surface area (Å²) in [5.74, 6) is -0.206. The number of carbonyl (C=O) groups is 1. The topological polar surface area (TPSA) is 49.3 Å². The van der Waals surface area contributed by atoms with Crippen LogP contribution in [0.3, 0.4) is 0 Å². The van der Waals surface area contributed by atoms with Crippen molar-refractivity contribution < 1.29 is 9.90 Å². The van der Waals surface area contributed by atoms with Crippen LogP contribution in [0.1, 0.15) is 34.5 Å². The van der Waals surface area contributed by atoms with Gasteiger partial charge >= 0.3 is 0 Å². The molecule has 0 saturated carbocycles. The molecule has 2 N–H and O–H groups in total. The largest absolute Gasteiger partial charge is 0.507 e. The van der Waals surface area contributed by atoms with Crippen LogP contribution in [0.25, 0.3) is 0 Å². The van der Waals surface area contributed by atoms with Crippen molar-refractivity contribution >= 4 is 17.2 Å². The Hall–Kier alpha value is -1.81. The van der Waals surface area contributed by atoms with Crippen LogP contribution in [0.15, 0.2) is 35.0 Å². The number of aryl methyl sites for hydroxylation is 1. The molecule has 94 valence electrons. The summed E-state index contributed by atoms with van der Waals surface area (Å²) in [6, 6.07) is 7.07. The minimum absolute atomic E-state index is 0.0486. The van der Waals surface area contributed by atoms with E-state index in [-0.39, 0.29) is 17.7 Å². The minimum atomic E-state index is -0.255. The van der Waals surface area contributed by atoms with Crippen LogP contribution in [0.2, 0.25) is 0 Å². The highest BCUT2D eigenvalue weighted by Gasteiger charge is 2.15. The fourth-order valence-electron chi connectivity index (χ4n) is 1.72. The smallest absolute Gasteiger partial charge is 0.255 e. The number of carbonyl (C=O) groups excluding carboxylic acids is 1. The Morgan fingerprint density at radius 2 is 2.17 bits per heavy atom. The summed E-state index contributed by atoms with van der Waals surface area (Å²) in [7, 11) is 0. The van der Waals surface area contributed by atoms with Crippen molar-refractivity contribution in [3.63, 3.8) is 0 Å². The van der Waals surface area contributed by atoms with E-state index in [2.05, 4.69) is 5.32 Å². The van der Waals surface area contributed by atoms with E-state index in [9.17, 15) is 9.90 Å². The van der Waals surface area contributed by atoms with Crippen LogP contribution in [0.4, 0.5) is 0 Å². The zero-order valence-corrected chi connectivity index (χ0v) is 11.1. The second-order valence-electron chi connectivity index (χ2n) is 4.22. The molecule has 0 bridgehead atoms. The predicted octanol–water partition coefficient (Wildman–Crippen LogP) is 3.25. The number of hydrogen-bond donors (Lipinski definition) is 2. The number of aromatic hydroxyl groups is 1. The molecule has 4 heteroatoms. The molecule has 1 amide bonds. The van der Waals surface area contributed by atoms with Gasteiger partial charge in [0.25, 0.3) is 5.91 Å². The summed E-state index contributed by atoms with van der Waals surface area (Å²) in [5, 5.41) is 16.7. The molecule has 1 aromatic heterocycles. The Morgan fingerprint density at radius 3 is 2.83 bits per heavy atom. The molecule has 2 aromatic rings. The van der Waals surface area contributed by atoms with E-state index >= 15 is 0 Å². The molecule has 1 atom stereocenters. The molecule has 0 aliphatic heterocycles. The lowest BCUT2D eigenvalue weighted by atomic mass is 10.1. The van der Waals surface area contributed by atoms with Crippen molar-refractivity contribution in [1.82, 2.24) is 5.32 Å². The van der Waals surface area contributed by atoms with Crippen molar-refractivity contribution in [3.05, 3.63) is 51.7 Å². The van der Waals surface area contributed by atoms with E-state index < -0.39 is 0 Å². The number of hydrogen-bond acceptors (Lipinski definition) is 3. The highest BCUT2D eigenvalue weighted by molar-refractivity contribution is 7.07. The molecule has 0 spiro atoms. The molecular formula is C14H15NO2S. The lowest BCUT2D eigenvalue weighted by Gasteiger charge is -2.13. The highest BCUT2D eigenvalue weighted by Crippen LogP contribution is 2.22. The van der Waals surface area contributed by atoms with E-state index in [1.807, 2.05) is 23.8 Å². The maximum absolute atomic E-state index is 12.1. The molecule has 0 aliphatic rings. The van der Waals surface area contributed by atoms with Crippen LogP contribution < -0.4 is 5.32 Å². The van der Waals surface area contributed by atoms with Gasteiger partial charge < -0.3 is 10.4 Å². The van der Waals surface area contributed by atoms with Crippen LogP contribution in [0, 0.1) is 6.92 Å². The summed E-state index contributed by atoms with van der Waals surface area (Å²) in [6.45, 7) is 3.70. The van der Waals surface area contributed by atoms with Gasteiger partial charge in [-0.3, -0.25) is 4.79 Å². The van der Waals surface area contributed by atoms with Crippen molar-refractivity contribution in [3.8, 4) is 5.75 Å². The monoisotopic (exact) mass is 261 g/mol. The summed E-state index contributed by atoms with van der Waals surface area (Å²) in [4.78, 5) is 12.1. The fourth-order valence-corrected chi connectivity index (χ4v) is 2.48. The maximum Gasteiger partial charge on any atom is 0.255 e. The molecule has 3 nitrogen and oxygen atoms in total. The SMILES string of the molecule is Cc1cccc(C(=O)NC(C)c2ccsc2)c1O. The van der Waals surface area contributed by atoms with Crippen LogP contribution in [0.5, 0.6) is 5.75 Å². The first-order valence-corrected chi connectivity index (χ1v) is 6.65. The number of amides is 1. The number of nitrogens with one attached hydrogen (secondary N) is 1. The Labute approximate surface area is 110 Å². The zero-order chi connectivity index (χ0) is 13.1. The number of phenols is 1. The first-order valence-electron chi connectivity index (χ1n) is 5.71. The van der Waals surface area contributed by atoms with Gasteiger partial charge in [0, 0.05) is 0 Å². The van der Waals surface area contributed by atoms with Crippen LogP contribution >= 0.6 is 11.3 Å². The third kappa shape index (κ3) is 2.54. The maximum atomic E-state index is 12.1. The van der Waals surface area contributed by atoms with Gasteiger partial charge in [0.1, 0.15) is 5.75 Å². The average molecular weight is 261 g/mol. The van der Waals surface area contributed by atoms with Crippen molar-refractivity contribution in [2.24, 2.45) is 0 Å². The number of thiophene rings is 1. The molecule has 1 heterocycles. The molecule has 0 aliphatic carbocycles. The second-order valence-corrected chi connectivity index (χ2v) is 5.00. The van der Waals surface area contributed by atoms with Gasteiger partial charge in [-0.2, -0.15) is 11.3 Å². The first-order chi connectivity index (χ1) is 8.59. The number of rotatable bonds is 3. The molecule has 0 saturated heterocycles. The van der Waals surface area contributed by atoms with Crippen LogP contribution in [-0.2, 0) is 0 Å². The van der Waals surface area contributed by atoms with Gasteiger partial charge in [-0.1, -0.05) is 12.1 Å². The fraction of sp³-hybridized carbons (Fsp3) is 0.214. The van der Waals surface area contributed by atoms with E-state index in [4.69, 9.17) is 0 Å². The number of phenolic OH excluding ortho intramolecular Hbond substituents is 1. The third-order valence-electron chi connectivity index (χ3n) is 2.87. The Balaban J connectivity index is 2.15. The number of benzene rings is 1. The Morgan fingerprint density at radius 1 is 1.39 bits per heavy atom. The predicted molar refractivity (Wildman–Crippen MR) is 73.0 cm³/mol. The Bertz CT molecular complexity index is 549. The van der Waals surface area contributed by atoms with Gasteiger partial charge in [-0.25, -0.2) is 0 Å². The molecule has 2 rings (SSSR count). The van der Waals surface area contributed by atoms with E-state index in [0.717, 1.165) is 5.56 Å². The standard InChI is InChI=1S/C14H15NO2S/c1-9-4-3-5-12(13(9)16)14(17)15-10(2)11-6-7-18-8-11/h3-8,10,16H,1-2H3,(H,15,17). The van der Waals surface area contributed by atoms with Crippen molar-refractivity contribution in [1.29, 1.82) is 0 Å². The summed E-state index contributed by atoms with van der Waals surface area (Å²) < 4.78 is 0. The van der Waals surface area contributed by atoms with Gasteiger partial charge in [0.05, 0.1) is 11.6 Å². The summed E-state index contributed by atoms with van der Waals surface area (Å²) >= 11 is 1.60. The average Bonchev–Trinajstić information content (AvgIpc) is 2.86. The Kier molecular flexibility index (Phi) is 3.67. The normalized spacial score (nSPS) is 12.1. The van der Waals surface area contributed by atoms with Crippen molar-refractivity contribution in [2.75, 3.05) is 0 Å². The van der Waals surface area contributed by atoms with Gasteiger partial charge in [0.2, 0.25) is 0 Å². The molecule has 18 heavy (non-hydrogen) atoms. The number of para-hydroxylation sites is 1. The van der Waals surface area contributed by atoms with Gasteiger partial charge in [-0.15, -0.1) is 0 Å². The molecule has 1 aromatic carbocycles. The lowest BCUT2D eigenvalue weighted by molar-refractivity contribution is 0.0937. The molecule has 0 fully saturated rings. The van der Waals surface area contributed by atoms with Gasteiger partial charge in [0.15, 0.2) is 0 Å². The quantitative estimate of drug-likeness (QED) is 0.891. The second kappa shape index (κ2) is 5.23. The minimum Gasteiger partial charge on any atom is -0.507 e. The van der Waals surface area contributed by atoms with E-state index in [0.29, 0.717) is 11.1 Å². The molecular weight excluding hydrogens is 246 g/mol. The third-order valence-corrected chi connectivity index (χ3v) is 3.57. The zero-order valence-electron chi connectivity index (χ0n) is 10.3. The first kappa shape index (κ1) is 12.6. The van der Waals surface area contributed by atoms with E-state index in [1.54, 1.807) is 36.5 Å². The summed E-state index contributed by atoms with van der Waals surface area (Å²) in [5.41, 5.74) is 2.09. The van der Waals surface area contributed by atoms with Crippen molar-refractivity contribution in [2.45, 2.75) is 19.9 Å².